The summed E-state index contributed by atoms with van der Waals surface area (Å²) >= 11 is 0. The Labute approximate surface area is 142 Å². The Morgan fingerprint density at radius 2 is 2.17 bits per heavy atom. The lowest BCUT2D eigenvalue weighted by molar-refractivity contribution is -0.120. The summed E-state index contributed by atoms with van der Waals surface area (Å²) in [6.45, 7) is 4.44. The SMILES string of the molecule is CCN1C(=O)[C@H]2CCCCN2c2ccc(C(=O)NCCOC)cc21. The number of methoxy groups -OCH3 is 1. The minimum absolute atomic E-state index is 0.0485. The fourth-order valence-corrected chi connectivity index (χ4v) is 3.59. The lowest BCUT2D eigenvalue weighted by atomic mass is 9.95. The van der Waals surface area contributed by atoms with Crippen LogP contribution in [-0.2, 0) is 9.53 Å². The van der Waals surface area contributed by atoms with E-state index in [-0.39, 0.29) is 17.9 Å². The van der Waals surface area contributed by atoms with Gasteiger partial charge in [0.2, 0.25) is 5.91 Å². The van der Waals surface area contributed by atoms with Crippen LogP contribution in [0.25, 0.3) is 0 Å². The largest absolute Gasteiger partial charge is 0.383 e. The van der Waals surface area contributed by atoms with E-state index in [0.29, 0.717) is 25.3 Å². The first-order chi connectivity index (χ1) is 11.7. The number of anilines is 2. The highest BCUT2D eigenvalue weighted by molar-refractivity contribution is 6.07. The van der Waals surface area contributed by atoms with Gasteiger partial charge in [-0.25, -0.2) is 0 Å². The van der Waals surface area contributed by atoms with Crippen LogP contribution in [0.5, 0.6) is 0 Å². The van der Waals surface area contributed by atoms with Crippen molar-refractivity contribution in [1.82, 2.24) is 5.32 Å². The van der Waals surface area contributed by atoms with Gasteiger partial charge < -0.3 is 19.9 Å². The third-order valence-electron chi connectivity index (χ3n) is 4.80. The van der Waals surface area contributed by atoms with Gasteiger partial charge >= 0.3 is 0 Å². The molecule has 130 valence electrons. The van der Waals surface area contributed by atoms with Crippen molar-refractivity contribution in [2.75, 3.05) is 43.2 Å². The molecule has 1 N–H and O–H groups in total. The summed E-state index contributed by atoms with van der Waals surface area (Å²) in [6, 6.07) is 5.61. The average Bonchev–Trinajstić information content (AvgIpc) is 2.62. The van der Waals surface area contributed by atoms with E-state index in [2.05, 4.69) is 10.2 Å². The van der Waals surface area contributed by atoms with Gasteiger partial charge in [0.1, 0.15) is 6.04 Å². The Morgan fingerprint density at radius 1 is 1.33 bits per heavy atom. The van der Waals surface area contributed by atoms with E-state index >= 15 is 0 Å². The van der Waals surface area contributed by atoms with E-state index in [0.717, 1.165) is 37.2 Å². The van der Waals surface area contributed by atoms with Crippen molar-refractivity contribution in [3.63, 3.8) is 0 Å². The number of carbonyl (C=O) groups is 2. The van der Waals surface area contributed by atoms with Crippen molar-refractivity contribution in [1.29, 1.82) is 0 Å². The van der Waals surface area contributed by atoms with Crippen LogP contribution >= 0.6 is 0 Å². The second-order valence-electron chi connectivity index (χ2n) is 6.24. The molecule has 2 amide bonds. The summed E-state index contributed by atoms with van der Waals surface area (Å²) < 4.78 is 4.95. The van der Waals surface area contributed by atoms with E-state index in [1.165, 1.54) is 0 Å². The summed E-state index contributed by atoms with van der Waals surface area (Å²) in [5.74, 6) is 0.0146. The maximum atomic E-state index is 12.8. The zero-order chi connectivity index (χ0) is 17.1. The maximum absolute atomic E-state index is 12.8. The molecule has 0 bridgehead atoms. The molecule has 2 aliphatic heterocycles. The molecule has 6 heteroatoms. The van der Waals surface area contributed by atoms with Gasteiger partial charge in [0.15, 0.2) is 0 Å². The number of hydrogen-bond donors (Lipinski definition) is 1. The molecule has 2 heterocycles. The van der Waals surface area contributed by atoms with Crippen LogP contribution in [-0.4, -0.2) is 51.2 Å². The number of piperidine rings is 1. The third-order valence-corrected chi connectivity index (χ3v) is 4.80. The van der Waals surface area contributed by atoms with Gasteiger partial charge in [0, 0.05) is 32.3 Å². The van der Waals surface area contributed by atoms with Crippen molar-refractivity contribution in [2.45, 2.75) is 32.2 Å². The Morgan fingerprint density at radius 3 is 2.92 bits per heavy atom. The number of fused-ring (bicyclic) bond motifs is 3. The second kappa shape index (κ2) is 7.21. The number of hydrogen-bond acceptors (Lipinski definition) is 4. The first-order valence-corrected chi connectivity index (χ1v) is 8.66. The van der Waals surface area contributed by atoms with Crippen LogP contribution in [0.3, 0.4) is 0 Å². The number of amides is 2. The van der Waals surface area contributed by atoms with Crippen molar-refractivity contribution < 1.29 is 14.3 Å². The number of rotatable bonds is 5. The molecule has 1 aromatic rings. The van der Waals surface area contributed by atoms with Gasteiger partial charge in [-0.05, 0) is 44.4 Å². The van der Waals surface area contributed by atoms with E-state index in [4.69, 9.17) is 4.74 Å². The standard InChI is InChI=1S/C18H25N3O3/c1-3-20-16-12-13(17(22)19-9-11-24-2)7-8-14(16)21-10-5-4-6-15(21)18(20)23/h7-8,12,15H,3-6,9-11H2,1-2H3,(H,19,22)/t15-/m1/s1. The van der Waals surface area contributed by atoms with Gasteiger partial charge in [-0.15, -0.1) is 0 Å². The van der Waals surface area contributed by atoms with Gasteiger partial charge in [-0.3, -0.25) is 9.59 Å². The number of nitrogens with zero attached hydrogens (tertiary/aromatic N) is 2. The summed E-state index contributed by atoms with van der Waals surface area (Å²) in [6.07, 6.45) is 3.11. The second-order valence-corrected chi connectivity index (χ2v) is 6.24. The fraction of sp³-hybridized carbons (Fsp3) is 0.556. The molecule has 24 heavy (non-hydrogen) atoms. The highest BCUT2D eigenvalue weighted by atomic mass is 16.5. The monoisotopic (exact) mass is 331 g/mol. The molecule has 0 aliphatic carbocycles. The molecule has 0 spiro atoms. The predicted molar refractivity (Wildman–Crippen MR) is 93.7 cm³/mol. The Bertz CT molecular complexity index is 632. The molecular weight excluding hydrogens is 306 g/mol. The lowest BCUT2D eigenvalue weighted by Crippen LogP contribution is -2.55. The third kappa shape index (κ3) is 2.98. The van der Waals surface area contributed by atoms with E-state index in [1.807, 2.05) is 30.0 Å². The number of ether oxygens (including phenoxy) is 1. The van der Waals surface area contributed by atoms with Gasteiger partial charge in [0.25, 0.3) is 5.91 Å². The van der Waals surface area contributed by atoms with Crippen molar-refractivity contribution in [3.05, 3.63) is 23.8 Å². The highest BCUT2D eigenvalue weighted by Crippen LogP contribution is 2.39. The molecule has 1 fully saturated rings. The zero-order valence-corrected chi connectivity index (χ0v) is 14.4. The highest BCUT2D eigenvalue weighted by Gasteiger charge is 2.38. The van der Waals surface area contributed by atoms with E-state index < -0.39 is 0 Å². The van der Waals surface area contributed by atoms with Crippen LogP contribution in [0.15, 0.2) is 18.2 Å². The van der Waals surface area contributed by atoms with Gasteiger partial charge in [0.05, 0.1) is 18.0 Å². The molecule has 1 aromatic carbocycles. The minimum atomic E-state index is -0.140. The molecule has 0 unspecified atom stereocenters. The smallest absolute Gasteiger partial charge is 0.251 e. The summed E-state index contributed by atoms with van der Waals surface area (Å²) in [5.41, 5.74) is 2.49. The zero-order valence-electron chi connectivity index (χ0n) is 14.4. The summed E-state index contributed by atoms with van der Waals surface area (Å²) in [5, 5.41) is 2.83. The molecule has 3 rings (SSSR count). The number of likely N-dealkylation sites (N-methyl/N-ethyl adjacent to an activating group) is 1. The summed E-state index contributed by atoms with van der Waals surface area (Å²) in [4.78, 5) is 29.1. The first kappa shape index (κ1) is 16.8. The van der Waals surface area contributed by atoms with Crippen LogP contribution in [0.2, 0.25) is 0 Å². The van der Waals surface area contributed by atoms with Crippen LogP contribution in [0, 0.1) is 0 Å². The topological polar surface area (TPSA) is 61.9 Å². The lowest BCUT2D eigenvalue weighted by Gasteiger charge is -2.45. The molecule has 0 saturated carbocycles. The van der Waals surface area contributed by atoms with Crippen molar-refractivity contribution in [3.8, 4) is 0 Å². The maximum Gasteiger partial charge on any atom is 0.251 e. The van der Waals surface area contributed by atoms with E-state index in [1.54, 1.807) is 7.11 Å². The predicted octanol–water partition coefficient (Wildman–Crippen LogP) is 1.79. The normalized spacial score (nSPS) is 19.8. The molecule has 0 aromatic heterocycles. The van der Waals surface area contributed by atoms with Gasteiger partial charge in [-0.2, -0.15) is 0 Å². The van der Waals surface area contributed by atoms with Crippen LogP contribution in [0.4, 0.5) is 11.4 Å². The Balaban J connectivity index is 1.90. The minimum Gasteiger partial charge on any atom is -0.383 e. The Hall–Kier alpha value is -2.08. The molecule has 6 nitrogen and oxygen atoms in total. The van der Waals surface area contributed by atoms with E-state index in [9.17, 15) is 9.59 Å². The average molecular weight is 331 g/mol. The number of benzene rings is 1. The molecule has 1 saturated heterocycles. The number of carbonyl (C=O) groups excluding carboxylic acids is 2. The van der Waals surface area contributed by atoms with Crippen molar-refractivity contribution >= 4 is 23.2 Å². The molecule has 2 aliphatic rings. The fourth-order valence-electron chi connectivity index (χ4n) is 3.59. The molecule has 0 radical (unpaired) electrons. The Kier molecular flexibility index (Phi) is 5.04. The number of nitrogens with one attached hydrogen (secondary N) is 1. The quantitative estimate of drug-likeness (QED) is 0.836. The first-order valence-electron chi connectivity index (χ1n) is 8.66. The van der Waals surface area contributed by atoms with Gasteiger partial charge in [-0.1, -0.05) is 0 Å². The molecular formula is C18H25N3O3. The van der Waals surface area contributed by atoms with Crippen LogP contribution < -0.4 is 15.1 Å². The molecule has 1 atom stereocenters. The van der Waals surface area contributed by atoms with Crippen LogP contribution in [0.1, 0.15) is 36.5 Å². The summed E-state index contributed by atoms with van der Waals surface area (Å²) in [7, 11) is 1.60. The van der Waals surface area contributed by atoms with Crippen molar-refractivity contribution in [2.24, 2.45) is 0 Å².